The molecule has 3 aromatic rings. The Morgan fingerprint density at radius 2 is 1.96 bits per heavy atom. The number of aryl methyl sites for hydroxylation is 2. The second-order valence-corrected chi connectivity index (χ2v) is 5.80. The van der Waals surface area contributed by atoms with Gasteiger partial charge in [-0.25, -0.2) is 4.98 Å². The van der Waals surface area contributed by atoms with E-state index in [4.69, 9.17) is 4.74 Å². The van der Waals surface area contributed by atoms with E-state index < -0.39 is 0 Å². The first kappa shape index (κ1) is 16.1. The number of aromatic nitrogens is 2. The van der Waals surface area contributed by atoms with Gasteiger partial charge in [0.15, 0.2) is 0 Å². The van der Waals surface area contributed by atoms with Gasteiger partial charge in [0.1, 0.15) is 23.7 Å². The monoisotopic (exact) mass is 323 g/mol. The van der Waals surface area contributed by atoms with Crippen LogP contribution in [0.25, 0.3) is 11.0 Å². The Morgan fingerprint density at radius 3 is 2.67 bits per heavy atom. The van der Waals surface area contributed by atoms with Crippen LogP contribution in [0.5, 0.6) is 5.75 Å². The highest BCUT2D eigenvalue weighted by Gasteiger charge is 2.14. The number of carbonyl (C=O) groups excluding carboxylic acids is 1. The molecule has 24 heavy (non-hydrogen) atoms. The number of ether oxygens (including phenoxy) is 1. The predicted molar refractivity (Wildman–Crippen MR) is 94.0 cm³/mol. The SMILES string of the molecule is CNC(=O)Cc1cc(OCc2ccccc2)c2nc(C)n(C)c2c1. The zero-order valence-corrected chi connectivity index (χ0v) is 14.2. The van der Waals surface area contributed by atoms with Gasteiger partial charge >= 0.3 is 0 Å². The first-order chi connectivity index (χ1) is 11.6. The number of fused-ring (bicyclic) bond motifs is 1. The van der Waals surface area contributed by atoms with Crippen LogP contribution in [-0.4, -0.2) is 22.5 Å². The van der Waals surface area contributed by atoms with Crippen molar-refractivity contribution < 1.29 is 9.53 Å². The quantitative estimate of drug-likeness (QED) is 0.785. The lowest BCUT2D eigenvalue weighted by Crippen LogP contribution is -2.19. The Hall–Kier alpha value is -2.82. The predicted octanol–water partition coefficient (Wildman–Crippen LogP) is 2.75. The molecule has 0 aliphatic rings. The largest absolute Gasteiger partial charge is 0.487 e. The van der Waals surface area contributed by atoms with Crippen LogP contribution >= 0.6 is 0 Å². The van der Waals surface area contributed by atoms with Gasteiger partial charge in [-0.1, -0.05) is 30.3 Å². The normalized spacial score (nSPS) is 10.8. The number of benzene rings is 2. The molecular formula is C19H21N3O2. The first-order valence-electron chi connectivity index (χ1n) is 7.91. The molecule has 0 aliphatic carbocycles. The van der Waals surface area contributed by atoms with Crippen molar-refractivity contribution in [2.24, 2.45) is 7.05 Å². The Balaban J connectivity index is 1.97. The zero-order chi connectivity index (χ0) is 17.1. The molecule has 1 N–H and O–H groups in total. The topological polar surface area (TPSA) is 56.1 Å². The van der Waals surface area contributed by atoms with Crippen LogP contribution in [0.2, 0.25) is 0 Å². The summed E-state index contributed by atoms with van der Waals surface area (Å²) >= 11 is 0. The summed E-state index contributed by atoms with van der Waals surface area (Å²) < 4.78 is 8.03. The molecule has 1 aromatic heterocycles. The van der Waals surface area contributed by atoms with Gasteiger partial charge in [-0.05, 0) is 30.2 Å². The van der Waals surface area contributed by atoms with E-state index in [1.54, 1.807) is 7.05 Å². The number of hydrogen-bond acceptors (Lipinski definition) is 3. The number of likely N-dealkylation sites (N-methyl/N-ethyl adjacent to an activating group) is 1. The van der Waals surface area contributed by atoms with Crippen molar-refractivity contribution in [3.8, 4) is 5.75 Å². The van der Waals surface area contributed by atoms with Crippen molar-refractivity contribution >= 4 is 16.9 Å². The molecule has 0 unspecified atom stereocenters. The molecule has 0 aliphatic heterocycles. The van der Waals surface area contributed by atoms with E-state index >= 15 is 0 Å². The van der Waals surface area contributed by atoms with Crippen LogP contribution in [0.1, 0.15) is 17.0 Å². The molecule has 0 bridgehead atoms. The van der Waals surface area contributed by atoms with Crippen molar-refractivity contribution in [1.29, 1.82) is 0 Å². The van der Waals surface area contributed by atoms with Gasteiger partial charge in [-0.15, -0.1) is 0 Å². The number of rotatable bonds is 5. The standard InChI is InChI=1S/C19H21N3O2/c1-13-21-19-16(22(13)3)9-15(11-18(23)20-2)10-17(19)24-12-14-7-5-4-6-8-14/h4-10H,11-12H2,1-3H3,(H,20,23). The molecule has 5 heteroatoms. The molecule has 0 saturated carbocycles. The maximum absolute atomic E-state index is 11.7. The van der Waals surface area contributed by atoms with Crippen molar-refractivity contribution in [2.45, 2.75) is 20.0 Å². The molecule has 124 valence electrons. The summed E-state index contributed by atoms with van der Waals surface area (Å²) in [6.07, 6.45) is 0.318. The Bertz CT molecular complexity index is 869. The molecular weight excluding hydrogens is 302 g/mol. The molecule has 0 atom stereocenters. The Morgan fingerprint density at radius 1 is 1.21 bits per heavy atom. The van der Waals surface area contributed by atoms with Gasteiger partial charge in [0.2, 0.25) is 5.91 Å². The van der Waals surface area contributed by atoms with E-state index in [9.17, 15) is 4.79 Å². The van der Waals surface area contributed by atoms with Crippen molar-refractivity contribution in [2.75, 3.05) is 7.05 Å². The third kappa shape index (κ3) is 3.25. The highest BCUT2D eigenvalue weighted by Crippen LogP contribution is 2.28. The second-order valence-electron chi connectivity index (χ2n) is 5.80. The third-order valence-electron chi connectivity index (χ3n) is 4.12. The minimum Gasteiger partial charge on any atom is -0.487 e. The fourth-order valence-corrected chi connectivity index (χ4v) is 2.65. The molecule has 5 nitrogen and oxygen atoms in total. The minimum atomic E-state index is -0.0257. The van der Waals surface area contributed by atoms with Gasteiger partial charge in [0, 0.05) is 14.1 Å². The number of hydrogen-bond donors (Lipinski definition) is 1. The summed E-state index contributed by atoms with van der Waals surface area (Å²) in [5.74, 6) is 1.59. The van der Waals surface area contributed by atoms with Crippen molar-refractivity contribution in [3.05, 3.63) is 59.4 Å². The number of imidazole rings is 1. The van der Waals surface area contributed by atoms with E-state index in [0.717, 1.165) is 28.0 Å². The molecule has 1 heterocycles. The summed E-state index contributed by atoms with van der Waals surface area (Å²) in [6, 6.07) is 13.9. The van der Waals surface area contributed by atoms with Crippen LogP contribution in [0.4, 0.5) is 0 Å². The Kier molecular flexibility index (Phi) is 4.51. The fourth-order valence-electron chi connectivity index (χ4n) is 2.65. The highest BCUT2D eigenvalue weighted by molar-refractivity contribution is 5.86. The average Bonchev–Trinajstić information content (AvgIpc) is 2.89. The summed E-state index contributed by atoms with van der Waals surface area (Å²) in [7, 11) is 3.61. The number of nitrogens with one attached hydrogen (secondary N) is 1. The van der Waals surface area contributed by atoms with Crippen LogP contribution in [-0.2, 0) is 24.9 Å². The van der Waals surface area contributed by atoms with Crippen LogP contribution in [0.3, 0.4) is 0 Å². The fraction of sp³-hybridized carbons (Fsp3) is 0.263. The number of carbonyl (C=O) groups is 1. The molecule has 2 aromatic carbocycles. The van der Waals surface area contributed by atoms with Gasteiger partial charge in [-0.2, -0.15) is 0 Å². The molecule has 0 radical (unpaired) electrons. The highest BCUT2D eigenvalue weighted by atomic mass is 16.5. The molecule has 3 rings (SSSR count). The van der Waals surface area contributed by atoms with Crippen LogP contribution < -0.4 is 10.1 Å². The second kappa shape index (κ2) is 6.74. The average molecular weight is 323 g/mol. The lowest BCUT2D eigenvalue weighted by atomic mass is 10.1. The van der Waals surface area contributed by atoms with Crippen molar-refractivity contribution in [3.63, 3.8) is 0 Å². The number of nitrogens with zero attached hydrogens (tertiary/aromatic N) is 2. The summed E-state index contributed by atoms with van der Waals surface area (Å²) in [5.41, 5.74) is 3.80. The van der Waals surface area contributed by atoms with E-state index in [1.165, 1.54) is 0 Å². The van der Waals surface area contributed by atoms with Gasteiger partial charge in [0.25, 0.3) is 0 Å². The zero-order valence-electron chi connectivity index (χ0n) is 14.2. The smallest absolute Gasteiger partial charge is 0.224 e. The summed E-state index contributed by atoms with van der Waals surface area (Å²) in [4.78, 5) is 16.3. The van der Waals surface area contributed by atoms with Gasteiger partial charge in [0.05, 0.1) is 11.9 Å². The summed E-state index contributed by atoms with van der Waals surface area (Å²) in [5, 5.41) is 2.66. The molecule has 1 amide bonds. The minimum absolute atomic E-state index is 0.0257. The maximum atomic E-state index is 11.7. The van der Waals surface area contributed by atoms with E-state index in [-0.39, 0.29) is 5.91 Å². The molecule has 0 saturated heterocycles. The number of amides is 1. The van der Waals surface area contributed by atoms with Gasteiger partial charge in [-0.3, -0.25) is 4.79 Å². The summed E-state index contributed by atoms with van der Waals surface area (Å²) in [6.45, 7) is 2.42. The molecule has 0 spiro atoms. The maximum Gasteiger partial charge on any atom is 0.224 e. The molecule has 0 fully saturated rings. The van der Waals surface area contributed by atoms with Crippen LogP contribution in [0, 0.1) is 6.92 Å². The van der Waals surface area contributed by atoms with Gasteiger partial charge < -0.3 is 14.6 Å². The Labute approximate surface area is 141 Å². The third-order valence-corrected chi connectivity index (χ3v) is 4.12. The first-order valence-corrected chi connectivity index (χ1v) is 7.91. The lowest BCUT2D eigenvalue weighted by molar-refractivity contribution is -0.119. The lowest BCUT2D eigenvalue weighted by Gasteiger charge is -2.10. The van der Waals surface area contributed by atoms with Crippen LogP contribution in [0.15, 0.2) is 42.5 Å². The van der Waals surface area contributed by atoms with Crippen molar-refractivity contribution in [1.82, 2.24) is 14.9 Å². The van der Waals surface area contributed by atoms with E-state index in [1.807, 2.05) is 61.0 Å². The van der Waals surface area contributed by atoms with E-state index in [0.29, 0.717) is 18.8 Å². The van der Waals surface area contributed by atoms with E-state index in [2.05, 4.69) is 10.3 Å².